The fourth-order valence-corrected chi connectivity index (χ4v) is 4.39. The van der Waals surface area contributed by atoms with Crippen molar-refractivity contribution < 1.29 is 14.6 Å². The van der Waals surface area contributed by atoms with E-state index in [0.717, 1.165) is 55.7 Å². The molecule has 1 aliphatic heterocycles. The van der Waals surface area contributed by atoms with Crippen LogP contribution < -0.4 is 4.74 Å². The van der Waals surface area contributed by atoms with Gasteiger partial charge in [-0.25, -0.2) is 4.79 Å². The predicted molar refractivity (Wildman–Crippen MR) is 108 cm³/mol. The summed E-state index contributed by atoms with van der Waals surface area (Å²) in [6, 6.07) is 5.91. The number of hydrogen-bond acceptors (Lipinski definition) is 3. The third-order valence-electron chi connectivity index (χ3n) is 5.88. The highest BCUT2D eigenvalue weighted by Crippen LogP contribution is 2.35. The van der Waals surface area contributed by atoms with Crippen molar-refractivity contribution in [1.29, 1.82) is 0 Å². The Balaban J connectivity index is 1.91. The summed E-state index contributed by atoms with van der Waals surface area (Å²) in [5.74, 6) is 0.191. The van der Waals surface area contributed by atoms with Gasteiger partial charge in [-0.3, -0.25) is 0 Å². The van der Waals surface area contributed by atoms with Crippen molar-refractivity contribution in [3.8, 4) is 5.75 Å². The molecule has 0 spiro atoms. The number of aromatic carboxylic acids is 1. The van der Waals surface area contributed by atoms with Crippen molar-refractivity contribution in [1.82, 2.24) is 9.30 Å². The second-order valence-electron chi connectivity index (χ2n) is 7.59. The first-order chi connectivity index (χ1) is 13.1. The van der Waals surface area contributed by atoms with Gasteiger partial charge in [0.05, 0.1) is 18.3 Å². The first-order valence-corrected chi connectivity index (χ1v) is 10.2. The van der Waals surface area contributed by atoms with Gasteiger partial charge < -0.3 is 19.1 Å². The average Bonchev–Trinajstić information content (AvgIpc) is 3.01. The summed E-state index contributed by atoms with van der Waals surface area (Å²) in [5, 5.41) is 9.79. The van der Waals surface area contributed by atoms with Gasteiger partial charge in [0.15, 0.2) is 5.75 Å². The van der Waals surface area contributed by atoms with Gasteiger partial charge in [-0.05, 0) is 69.8 Å². The first-order valence-electron chi connectivity index (χ1n) is 10.2. The van der Waals surface area contributed by atoms with Gasteiger partial charge >= 0.3 is 5.97 Å². The molecule has 2 aromatic heterocycles. The van der Waals surface area contributed by atoms with Crippen LogP contribution in [0, 0.1) is 5.92 Å². The van der Waals surface area contributed by atoms with Crippen LogP contribution in [-0.2, 0) is 12.8 Å². The Morgan fingerprint density at radius 2 is 2.00 bits per heavy atom. The van der Waals surface area contributed by atoms with E-state index in [0.29, 0.717) is 17.2 Å². The van der Waals surface area contributed by atoms with Crippen LogP contribution in [0.15, 0.2) is 18.2 Å². The molecule has 1 N–H and O–H groups in total. The molecule has 5 nitrogen and oxygen atoms in total. The summed E-state index contributed by atoms with van der Waals surface area (Å²) in [4.78, 5) is 14.5. The zero-order valence-corrected chi connectivity index (χ0v) is 16.8. The molecule has 2 aromatic rings. The number of methoxy groups -OCH3 is 1. The zero-order valence-electron chi connectivity index (χ0n) is 16.8. The lowest BCUT2D eigenvalue weighted by molar-refractivity contribution is 0.0695. The predicted octanol–water partition coefficient (Wildman–Crippen LogP) is 4.26. The van der Waals surface area contributed by atoms with Crippen LogP contribution in [0.25, 0.3) is 5.52 Å². The number of piperidine rings is 1. The molecule has 148 valence electrons. The smallest absolute Gasteiger partial charge is 0.341 e. The van der Waals surface area contributed by atoms with E-state index in [1.165, 1.54) is 19.4 Å². The molecular formula is C22H32N2O3. The molecule has 0 amide bonds. The minimum absolute atomic E-state index is 0.295. The summed E-state index contributed by atoms with van der Waals surface area (Å²) < 4.78 is 7.76. The number of carbonyl (C=O) groups is 1. The second-order valence-corrected chi connectivity index (χ2v) is 7.59. The number of aryl methyl sites for hydroxylation is 1. The quantitative estimate of drug-likeness (QED) is 0.752. The van der Waals surface area contributed by atoms with E-state index in [1.54, 1.807) is 7.11 Å². The van der Waals surface area contributed by atoms with Crippen molar-refractivity contribution in [2.75, 3.05) is 26.7 Å². The molecule has 27 heavy (non-hydrogen) atoms. The summed E-state index contributed by atoms with van der Waals surface area (Å²) in [6.07, 6.45) is 6.56. The van der Waals surface area contributed by atoms with E-state index in [-0.39, 0.29) is 0 Å². The number of carboxylic acids is 1. The van der Waals surface area contributed by atoms with Gasteiger partial charge in [0.1, 0.15) is 5.56 Å². The topological polar surface area (TPSA) is 54.2 Å². The minimum Gasteiger partial charge on any atom is -0.494 e. The molecule has 0 saturated carbocycles. The molecule has 5 heteroatoms. The van der Waals surface area contributed by atoms with Crippen LogP contribution in [0.1, 0.15) is 61.3 Å². The molecule has 0 unspecified atom stereocenters. The maximum atomic E-state index is 11.9. The molecule has 0 bridgehead atoms. The lowest BCUT2D eigenvalue weighted by Crippen LogP contribution is -2.35. The van der Waals surface area contributed by atoms with Crippen LogP contribution >= 0.6 is 0 Å². The normalized spacial score (nSPS) is 16.1. The molecule has 1 saturated heterocycles. The Hall–Kier alpha value is -2.01. The number of ether oxygens (including phenoxy) is 1. The average molecular weight is 373 g/mol. The number of nitrogens with zero attached hydrogens (tertiary/aromatic N) is 2. The van der Waals surface area contributed by atoms with Crippen LogP contribution in [0.4, 0.5) is 0 Å². The van der Waals surface area contributed by atoms with Gasteiger partial charge in [0, 0.05) is 5.69 Å². The maximum absolute atomic E-state index is 11.9. The van der Waals surface area contributed by atoms with Crippen molar-refractivity contribution in [2.45, 2.75) is 52.4 Å². The second kappa shape index (κ2) is 8.79. The number of rotatable bonds is 8. The van der Waals surface area contributed by atoms with Crippen LogP contribution in [0.3, 0.4) is 0 Å². The van der Waals surface area contributed by atoms with E-state index in [2.05, 4.69) is 29.2 Å². The molecule has 1 aliphatic rings. The van der Waals surface area contributed by atoms with E-state index in [1.807, 2.05) is 12.1 Å². The number of unbranched alkanes of at least 4 members (excludes halogenated alkanes) is 1. The Morgan fingerprint density at radius 1 is 1.26 bits per heavy atom. The molecule has 0 radical (unpaired) electrons. The van der Waals surface area contributed by atoms with Gasteiger partial charge in [0.2, 0.25) is 0 Å². The van der Waals surface area contributed by atoms with Crippen molar-refractivity contribution in [2.24, 2.45) is 5.92 Å². The van der Waals surface area contributed by atoms with Crippen molar-refractivity contribution >= 4 is 11.5 Å². The number of aromatic nitrogens is 1. The van der Waals surface area contributed by atoms with Gasteiger partial charge in [-0.2, -0.15) is 0 Å². The lowest BCUT2D eigenvalue weighted by Gasteiger charge is -2.32. The van der Waals surface area contributed by atoms with Crippen LogP contribution in [0.2, 0.25) is 0 Å². The van der Waals surface area contributed by atoms with E-state index >= 15 is 0 Å². The molecular weight excluding hydrogens is 340 g/mol. The van der Waals surface area contributed by atoms with E-state index in [4.69, 9.17) is 4.74 Å². The Bertz CT molecular complexity index is 788. The summed E-state index contributed by atoms with van der Waals surface area (Å²) >= 11 is 0. The molecule has 0 aromatic carbocycles. The number of pyridine rings is 1. The molecule has 0 atom stereocenters. The lowest BCUT2D eigenvalue weighted by atomic mass is 9.91. The van der Waals surface area contributed by atoms with Gasteiger partial charge in [-0.15, -0.1) is 0 Å². The third-order valence-corrected chi connectivity index (χ3v) is 5.88. The van der Waals surface area contributed by atoms with Crippen LogP contribution in [0.5, 0.6) is 5.75 Å². The number of hydrogen-bond donors (Lipinski definition) is 1. The fourth-order valence-electron chi connectivity index (χ4n) is 4.39. The van der Waals surface area contributed by atoms with Crippen LogP contribution in [-0.4, -0.2) is 47.1 Å². The van der Waals surface area contributed by atoms with Gasteiger partial charge in [-0.1, -0.05) is 26.3 Å². The largest absolute Gasteiger partial charge is 0.494 e. The highest BCUT2D eigenvalue weighted by Gasteiger charge is 2.28. The van der Waals surface area contributed by atoms with E-state index in [9.17, 15) is 9.90 Å². The Morgan fingerprint density at radius 3 is 2.59 bits per heavy atom. The summed E-state index contributed by atoms with van der Waals surface area (Å²) in [6.45, 7) is 7.83. The monoisotopic (exact) mass is 372 g/mol. The van der Waals surface area contributed by atoms with Gasteiger partial charge in [0.25, 0.3) is 0 Å². The Labute approximate surface area is 161 Å². The molecule has 0 aliphatic carbocycles. The summed E-state index contributed by atoms with van der Waals surface area (Å²) in [5.41, 5.74) is 3.19. The number of likely N-dealkylation sites (tertiary alicyclic amines) is 1. The third kappa shape index (κ3) is 3.98. The first kappa shape index (κ1) is 19.7. The van der Waals surface area contributed by atoms with Crippen molar-refractivity contribution in [3.63, 3.8) is 0 Å². The SMILES string of the molecule is CCCCN1CCC(Cc2c(OC)c(C(=O)O)c3cccc(CC)n23)CC1. The molecule has 3 heterocycles. The van der Waals surface area contributed by atoms with Crippen molar-refractivity contribution in [3.05, 3.63) is 35.2 Å². The Kier molecular flexibility index (Phi) is 6.42. The number of fused-ring (bicyclic) bond motifs is 1. The highest BCUT2D eigenvalue weighted by atomic mass is 16.5. The standard InChI is InChI=1S/C22H32N2O3/c1-4-6-12-23-13-10-16(11-14-23)15-19-21(27-3)20(22(25)26)18-9-7-8-17(5-2)24(18)19/h7-9,16H,4-6,10-15H2,1-3H3,(H,25,26). The zero-order chi connectivity index (χ0) is 19.4. The molecule has 3 rings (SSSR count). The fraction of sp³-hybridized carbons (Fsp3) is 0.591. The maximum Gasteiger partial charge on any atom is 0.341 e. The minimum atomic E-state index is -0.918. The number of carboxylic acid groups (broad SMARTS) is 1. The van der Waals surface area contributed by atoms with E-state index < -0.39 is 5.97 Å². The molecule has 1 fully saturated rings. The highest BCUT2D eigenvalue weighted by molar-refractivity contribution is 6.00. The summed E-state index contributed by atoms with van der Waals surface area (Å²) in [7, 11) is 1.59.